The smallest absolute Gasteiger partial charge is 0.311 e. The molecule has 0 bridgehead atoms. The number of amidine groups is 1. The van der Waals surface area contributed by atoms with Gasteiger partial charge in [-0.25, -0.2) is 4.99 Å². The standard InChI is InChI=1S/C15H21BrN4O2/c1-15(14(21)22-2)5-3-10(4-6-15)9-20-12(16)11-13(17)19-8-7-18-11/h7-10,18H,3-6H2,1-2H3,(H2,17,19)/b12-11-,20-9+. The fourth-order valence-electron chi connectivity index (χ4n) is 2.65. The highest BCUT2D eigenvalue weighted by Crippen LogP contribution is 2.39. The highest BCUT2D eigenvalue weighted by molar-refractivity contribution is 9.11. The summed E-state index contributed by atoms with van der Waals surface area (Å²) in [7, 11) is 1.45. The molecule has 0 spiro atoms. The molecule has 1 aliphatic heterocycles. The van der Waals surface area contributed by atoms with Crippen molar-refractivity contribution in [2.45, 2.75) is 32.6 Å². The second-order valence-electron chi connectivity index (χ2n) is 5.81. The third kappa shape index (κ3) is 3.76. The van der Waals surface area contributed by atoms with Crippen molar-refractivity contribution in [2.24, 2.45) is 27.1 Å². The molecule has 0 aromatic heterocycles. The zero-order valence-electron chi connectivity index (χ0n) is 12.8. The number of aliphatic imine (C=N–C) groups is 2. The Morgan fingerprint density at radius 2 is 2.27 bits per heavy atom. The number of rotatable bonds is 3. The van der Waals surface area contributed by atoms with E-state index in [4.69, 9.17) is 10.5 Å². The molecule has 0 aromatic carbocycles. The van der Waals surface area contributed by atoms with Crippen molar-refractivity contribution in [3.05, 3.63) is 22.7 Å². The molecule has 22 heavy (non-hydrogen) atoms. The van der Waals surface area contributed by atoms with Gasteiger partial charge in [0.25, 0.3) is 0 Å². The number of hydrogen-bond acceptors (Lipinski definition) is 6. The van der Waals surface area contributed by atoms with E-state index >= 15 is 0 Å². The van der Waals surface area contributed by atoms with Crippen LogP contribution in [-0.2, 0) is 9.53 Å². The first-order chi connectivity index (χ1) is 10.5. The van der Waals surface area contributed by atoms with Gasteiger partial charge in [-0.15, -0.1) is 0 Å². The van der Waals surface area contributed by atoms with Crippen LogP contribution in [-0.4, -0.2) is 25.1 Å². The van der Waals surface area contributed by atoms with E-state index in [9.17, 15) is 4.79 Å². The minimum atomic E-state index is -0.360. The molecule has 3 N–H and O–H groups in total. The fraction of sp³-hybridized carbons (Fsp3) is 0.533. The van der Waals surface area contributed by atoms with Crippen molar-refractivity contribution < 1.29 is 9.53 Å². The predicted molar refractivity (Wildman–Crippen MR) is 90.4 cm³/mol. The first-order valence-corrected chi connectivity index (χ1v) is 8.03. The maximum atomic E-state index is 11.8. The lowest BCUT2D eigenvalue weighted by Gasteiger charge is -2.33. The summed E-state index contributed by atoms with van der Waals surface area (Å²) >= 11 is 3.41. The van der Waals surface area contributed by atoms with Crippen molar-refractivity contribution in [1.82, 2.24) is 5.32 Å². The van der Waals surface area contributed by atoms with E-state index in [-0.39, 0.29) is 11.4 Å². The van der Waals surface area contributed by atoms with E-state index in [2.05, 4.69) is 31.2 Å². The summed E-state index contributed by atoms with van der Waals surface area (Å²) in [6.45, 7) is 1.97. The minimum Gasteiger partial charge on any atom is -0.469 e. The molecule has 2 aliphatic rings. The molecule has 7 heteroatoms. The second kappa shape index (κ2) is 7.09. The Kier molecular flexibility index (Phi) is 5.39. The minimum absolute atomic E-state index is 0.117. The van der Waals surface area contributed by atoms with E-state index in [1.807, 2.05) is 13.1 Å². The zero-order chi connectivity index (χ0) is 16.2. The van der Waals surface area contributed by atoms with Gasteiger partial charge in [0, 0.05) is 18.6 Å². The highest BCUT2D eigenvalue weighted by Gasteiger charge is 2.38. The number of esters is 1. The highest BCUT2D eigenvalue weighted by atomic mass is 79.9. The number of carbonyl (C=O) groups is 1. The Balaban J connectivity index is 1.96. The molecule has 0 atom stereocenters. The molecule has 1 fully saturated rings. The van der Waals surface area contributed by atoms with Crippen molar-refractivity contribution >= 4 is 33.9 Å². The molecule has 0 saturated heterocycles. The Morgan fingerprint density at radius 3 is 2.86 bits per heavy atom. The molecule has 0 unspecified atom stereocenters. The van der Waals surface area contributed by atoms with Gasteiger partial charge < -0.3 is 15.8 Å². The van der Waals surface area contributed by atoms with E-state index in [1.165, 1.54) is 7.11 Å². The van der Waals surface area contributed by atoms with Crippen molar-refractivity contribution in [3.63, 3.8) is 0 Å². The molecule has 1 aliphatic carbocycles. The first-order valence-electron chi connectivity index (χ1n) is 7.24. The summed E-state index contributed by atoms with van der Waals surface area (Å²) in [5, 5.41) is 3.01. The molecule has 1 saturated carbocycles. The van der Waals surface area contributed by atoms with Gasteiger partial charge in [0.2, 0.25) is 0 Å². The van der Waals surface area contributed by atoms with Crippen LogP contribution < -0.4 is 11.1 Å². The number of nitrogens with two attached hydrogens (primary N) is 1. The van der Waals surface area contributed by atoms with Crippen LogP contribution >= 0.6 is 15.9 Å². The lowest BCUT2D eigenvalue weighted by atomic mass is 9.72. The fourth-order valence-corrected chi connectivity index (χ4v) is 3.09. The summed E-state index contributed by atoms with van der Waals surface area (Å²) in [6.07, 6.45) is 8.68. The number of nitrogens with zero attached hydrogens (tertiary/aromatic N) is 2. The molecule has 0 amide bonds. The number of hydrogen-bond donors (Lipinski definition) is 2. The van der Waals surface area contributed by atoms with E-state index in [0.29, 0.717) is 22.1 Å². The van der Waals surface area contributed by atoms with Crippen molar-refractivity contribution in [1.29, 1.82) is 0 Å². The Labute approximate surface area is 138 Å². The quantitative estimate of drug-likeness (QED) is 0.454. The summed E-state index contributed by atoms with van der Waals surface area (Å²) in [4.78, 5) is 20.2. The molecular formula is C15H21BrN4O2. The number of carbonyl (C=O) groups excluding carboxylic acids is 1. The van der Waals surface area contributed by atoms with Gasteiger partial charge in [-0.1, -0.05) is 0 Å². The summed E-state index contributed by atoms with van der Waals surface area (Å²) in [5.41, 5.74) is 6.10. The molecule has 0 aromatic rings. The van der Waals surface area contributed by atoms with Crippen LogP contribution in [0.3, 0.4) is 0 Å². The lowest BCUT2D eigenvalue weighted by Crippen LogP contribution is -2.34. The van der Waals surface area contributed by atoms with Gasteiger partial charge >= 0.3 is 5.97 Å². The van der Waals surface area contributed by atoms with Crippen molar-refractivity contribution in [3.8, 4) is 0 Å². The summed E-state index contributed by atoms with van der Waals surface area (Å²) in [6, 6.07) is 0. The van der Waals surface area contributed by atoms with Gasteiger partial charge in [0.15, 0.2) is 0 Å². The molecule has 6 nitrogen and oxygen atoms in total. The predicted octanol–water partition coefficient (Wildman–Crippen LogP) is 2.42. The van der Waals surface area contributed by atoms with Gasteiger partial charge in [-0.05, 0) is 54.5 Å². The monoisotopic (exact) mass is 368 g/mol. The molecule has 1 heterocycles. The van der Waals surface area contributed by atoms with E-state index in [1.54, 1.807) is 12.4 Å². The van der Waals surface area contributed by atoms with Crippen LogP contribution in [0.25, 0.3) is 0 Å². The van der Waals surface area contributed by atoms with E-state index < -0.39 is 0 Å². The maximum absolute atomic E-state index is 11.8. The topological polar surface area (TPSA) is 89.1 Å². The van der Waals surface area contributed by atoms with Crippen LogP contribution in [0.15, 0.2) is 32.7 Å². The SMILES string of the molecule is COC(=O)C1(C)CCC(/C=N/C(Br)=C2\NC=CN=C2N)CC1. The Morgan fingerprint density at radius 1 is 1.59 bits per heavy atom. The first kappa shape index (κ1) is 16.7. The van der Waals surface area contributed by atoms with Gasteiger partial charge in [0.05, 0.1) is 12.5 Å². The molecule has 0 radical (unpaired) electrons. The van der Waals surface area contributed by atoms with Gasteiger partial charge in [0.1, 0.15) is 16.1 Å². The van der Waals surface area contributed by atoms with Gasteiger partial charge in [-0.2, -0.15) is 0 Å². The number of methoxy groups -OCH3 is 1. The van der Waals surface area contributed by atoms with Crippen LogP contribution in [0.2, 0.25) is 0 Å². The number of ether oxygens (including phenoxy) is 1. The summed E-state index contributed by atoms with van der Waals surface area (Å²) < 4.78 is 5.51. The lowest BCUT2D eigenvalue weighted by molar-refractivity contribution is -0.153. The third-order valence-electron chi connectivity index (χ3n) is 4.19. The van der Waals surface area contributed by atoms with Crippen LogP contribution in [0.4, 0.5) is 0 Å². The van der Waals surface area contributed by atoms with Gasteiger partial charge in [-0.3, -0.25) is 9.79 Å². The third-order valence-corrected chi connectivity index (χ3v) is 4.79. The number of nitrogens with one attached hydrogen (secondary N) is 1. The largest absolute Gasteiger partial charge is 0.469 e. The zero-order valence-corrected chi connectivity index (χ0v) is 14.4. The number of halogens is 1. The average Bonchev–Trinajstić information content (AvgIpc) is 2.53. The molecule has 120 valence electrons. The normalized spacial score (nSPS) is 30.7. The summed E-state index contributed by atoms with van der Waals surface area (Å²) in [5.74, 6) is 0.630. The Hall–Kier alpha value is -1.63. The van der Waals surface area contributed by atoms with Crippen LogP contribution in [0, 0.1) is 11.3 Å². The average molecular weight is 369 g/mol. The van der Waals surface area contributed by atoms with Crippen molar-refractivity contribution in [2.75, 3.05) is 7.11 Å². The maximum Gasteiger partial charge on any atom is 0.311 e. The molecular weight excluding hydrogens is 348 g/mol. The van der Waals surface area contributed by atoms with Crippen LogP contribution in [0.5, 0.6) is 0 Å². The Bertz CT molecular complexity index is 558. The molecule has 2 rings (SSSR count). The van der Waals surface area contributed by atoms with Crippen LogP contribution in [0.1, 0.15) is 32.6 Å². The van der Waals surface area contributed by atoms with E-state index in [0.717, 1.165) is 25.7 Å². The second-order valence-corrected chi connectivity index (χ2v) is 6.56.